The minimum atomic E-state index is -0.243. The Bertz CT molecular complexity index is 510. The van der Waals surface area contributed by atoms with Crippen LogP contribution in [0.4, 0.5) is 0 Å². The van der Waals surface area contributed by atoms with Gasteiger partial charge in [-0.15, -0.1) is 11.3 Å². The number of aromatic nitrogens is 1. The van der Waals surface area contributed by atoms with Crippen LogP contribution in [-0.2, 0) is 11.2 Å². The van der Waals surface area contributed by atoms with E-state index < -0.39 is 0 Å². The number of methoxy groups -OCH3 is 1. The van der Waals surface area contributed by atoms with Crippen LogP contribution in [0, 0.1) is 0 Å². The van der Waals surface area contributed by atoms with Gasteiger partial charge in [0.1, 0.15) is 0 Å². The number of para-hydroxylation sites is 1. The Hall–Kier alpha value is -1.01. The number of hydrogen-bond donors (Lipinski definition) is 2. The van der Waals surface area contributed by atoms with Gasteiger partial charge in [-0.25, -0.2) is 4.98 Å². The smallest absolute Gasteiger partial charge is 0.0955 e. The van der Waals surface area contributed by atoms with E-state index in [2.05, 4.69) is 30.3 Å². The average Bonchev–Trinajstić information content (AvgIpc) is 2.90. The lowest BCUT2D eigenvalue weighted by Crippen LogP contribution is -2.55. The maximum Gasteiger partial charge on any atom is 0.0955 e. The number of ether oxygens (including phenoxy) is 1. The van der Waals surface area contributed by atoms with Gasteiger partial charge in [0.25, 0.3) is 0 Å². The van der Waals surface area contributed by atoms with Gasteiger partial charge in [-0.2, -0.15) is 0 Å². The molecule has 0 radical (unpaired) electrons. The van der Waals surface area contributed by atoms with Crippen LogP contribution >= 0.6 is 11.3 Å². The van der Waals surface area contributed by atoms with Crippen molar-refractivity contribution in [2.45, 2.75) is 44.8 Å². The minimum absolute atomic E-state index is 0.0584. The SMILES string of the molecule is CCC(CC)(OC)C(Cc1nc2ccccc2s1)NN. The summed E-state index contributed by atoms with van der Waals surface area (Å²) in [5, 5.41) is 1.09. The predicted molar refractivity (Wildman–Crippen MR) is 84.8 cm³/mol. The Kier molecular flexibility index (Phi) is 5.10. The maximum atomic E-state index is 5.77. The molecule has 20 heavy (non-hydrogen) atoms. The number of hydrazine groups is 1. The van der Waals surface area contributed by atoms with E-state index in [-0.39, 0.29) is 11.6 Å². The number of nitrogens with two attached hydrogens (primary N) is 1. The van der Waals surface area contributed by atoms with E-state index >= 15 is 0 Å². The molecular weight excluding hydrogens is 270 g/mol. The Morgan fingerprint density at radius 3 is 2.60 bits per heavy atom. The molecule has 3 N–H and O–H groups in total. The second kappa shape index (κ2) is 6.63. The summed E-state index contributed by atoms with van der Waals surface area (Å²) in [6.07, 6.45) is 2.62. The number of nitrogens with one attached hydrogen (secondary N) is 1. The van der Waals surface area contributed by atoms with Crippen molar-refractivity contribution in [3.05, 3.63) is 29.3 Å². The summed E-state index contributed by atoms with van der Waals surface area (Å²) in [6, 6.07) is 8.26. The fourth-order valence-corrected chi connectivity index (χ4v) is 3.77. The van der Waals surface area contributed by atoms with Crippen LogP contribution in [0.1, 0.15) is 31.7 Å². The number of hydrogen-bond acceptors (Lipinski definition) is 5. The van der Waals surface area contributed by atoms with Gasteiger partial charge in [-0.05, 0) is 25.0 Å². The van der Waals surface area contributed by atoms with Crippen LogP contribution in [-0.4, -0.2) is 23.7 Å². The number of fused-ring (bicyclic) bond motifs is 1. The topological polar surface area (TPSA) is 60.2 Å². The Balaban J connectivity index is 2.25. The van der Waals surface area contributed by atoms with Crippen LogP contribution in [0.25, 0.3) is 10.2 Å². The van der Waals surface area contributed by atoms with E-state index in [1.54, 1.807) is 18.4 Å². The van der Waals surface area contributed by atoms with Crippen LogP contribution in [0.15, 0.2) is 24.3 Å². The maximum absolute atomic E-state index is 5.77. The van der Waals surface area contributed by atoms with Crippen LogP contribution < -0.4 is 11.3 Å². The molecule has 1 heterocycles. The first kappa shape index (κ1) is 15.4. The van der Waals surface area contributed by atoms with Crippen molar-refractivity contribution in [3.63, 3.8) is 0 Å². The molecule has 0 aliphatic rings. The number of thiazole rings is 1. The van der Waals surface area contributed by atoms with Crippen molar-refractivity contribution in [2.75, 3.05) is 7.11 Å². The molecule has 0 bridgehead atoms. The van der Waals surface area contributed by atoms with Crippen LogP contribution in [0.5, 0.6) is 0 Å². The van der Waals surface area contributed by atoms with E-state index in [1.165, 1.54) is 4.70 Å². The summed E-state index contributed by atoms with van der Waals surface area (Å²) in [4.78, 5) is 4.68. The summed E-state index contributed by atoms with van der Waals surface area (Å²) in [5.41, 5.74) is 3.74. The monoisotopic (exact) mass is 293 g/mol. The van der Waals surface area contributed by atoms with Crippen LogP contribution in [0.2, 0.25) is 0 Å². The highest BCUT2D eigenvalue weighted by Gasteiger charge is 2.35. The van der Waals surface area contributed by atoms with E-state index in [9.17, 15) is 0 Å². The fraction of sp³-hybridized carbons (Fsp3) is 0.533. The van der Waals surface area contributed by atoms with Gasteiger partial charge >= 0.3 is 0 Å². The van der Waals surface area contributed by atoms with Crippen molar-refractivity contribution < 1.29 is 4.74 Å². The second-order valence-corrected chi connectivity index (χ2v) is 6.09. The summed E-state index contributed by atoms with van der Waals surface area (Å²) < 4.78 is 6.99. The third kappa shape index (κ3) is 2.86. The summed E-state index contributed by atoms with van der Waals surface area (Å²) >= 11 is 1.73. The van der Waals surface area contributed by atoms with Crippen molar-refractivity contribution in [1.29, 1.82) is 0 Å². The highest BCUT2D eigenvalue weighted by Crippen LogP contribution is 2.29. The number of nitrogens with zero attached hydrogens (tertiary/aromatic N) is 1. The molecular formula is C15H23N3OS. The molecule has 4 nitrogen and oxygen atoms in total. The lowest BCUT2D eigenvalue weighted by atomic mass is 9.86. The van der Waals surface area contributed by atoms with Gasteiger partial charge in [0.05, 0.1) is 26.9 Å². The highest BCUT2D eigenvalue weighted by atomic mass is 32.1. The summed E-state index contributed by atoms with van der Waals surface area (Å²) in [5.74, 6) is 5.77. The van der Waals surface area contributed by atoms with Crippen molar-refractivity contribution in [1.82, 2.24) is 10.4 Å². The van der Waals surface area contributed by atoms with E-state index in [0.717, 1.165) is 29.8 Å². The molecule has 1 atom stereocenters. The Morgan fingerprint density at radius 2 is 2.05 bits per heavy atom. The van der Waals surface area contributed by atoms with E-state index in [1.807, 2.05) is 18.2 Å². The fourth-order valence-electron chi connectivity index (χ4n) is 2.75. The zero-order valence-electron chi connectivity index (χ0n) is 12.3. The quantitative estimate of drug-likeness (QED) is 0.609. The second-order valence-electron chi connectivity index (χ2n) is 4.97. The number of rotatable bonds is 7. The third-order valence-corrected chi connectivity index (χ3v) is 5.22. The molecule has 1 aromatic carbocycles. The van der Waals surface area contributed by atoms with Crippen molar-refractivity contribution in [2.24, 2.45) is 5.84 Å². The molecule has 0 spiro atoms. The molecule has 1 unspecified atom stereocenters. The first-order valence-electron chi connectivity index (χ1n) is 7.04. The van der Waals surface area contributed by atoms with Gasteiger partial charge in [0.15, 0.2) is 0 Å². The molecule has 0 aliphatic heterocycles. The minimum Gasteiger partial charge on any atom is -0.377 e. The molecule has 5 heteroatoms. The zero-order chi connectivity index (χ0) is 14.6. The molecule has 1 aromatic heterocycles. The summed E-state index contributed by atoms with van der Waals surface area (Å²) in [6.45, 7) is 4.27. The van der Waals surface area contributed by atoms with Gasteiger partial charge in [-0.1, -0.05) is 26.0 Å². The van der Waals surface area contributed by atoms with E-state index in [4.69, 9.17) is 10.6 Å². The zero-order valence-corrected chi connectivity index (χ0v) is 13.2. The molecule has 2 rings (SSSR count). The standard InChI is InChI=1S/C15H23N3OS/c1-4-15(5-2,19-3)13(18-16)10-14-17-11-8-6-7-9-12(11)20-14/h6-9,13,18H,4-5,10,16H2,1-3H3. The lowest BCUT2D eigenvalue weighted by Gasteiger charge is -2.37. The van der Waals surface area contributed by atoms with Gasteiger partial charge in [-0.3, -0.25) is 11.3 Å². The molecule has 0 aliphatic carbocycles. The average molecular weight is 293 g/mol. The van der Waals surface area contributed by atoms with Gasteiger partial charge < -0.3 is 4.74 Å². The Morgan fingerprint density at radius 1 is 1.35 bits per heavy atom. The molecule has 2 aromatic rings. The normalized spacial score (nSPS) is 13.8. The molecule has 0 saturated heterocycles. The highest BCUT2D eigenvalue weighted by molar-refractivity contribution is 7.18. The first-order chi connectivity index (χ1) is 9.69. The van der Waals surface area contributed by atoms with Crippen molar-refractivity contribution >= 4 is 21.6 Å². The van der Waals surface area contributed by atoms with Crippen molar-refractivity contribution in [3.8, 4) is 0 Å². The molecule has 0 fully saturated rings. The Labute approximate surface area is 124 Å². The van der Waals surface area contributed by atoms with E-state index in [0.29, 0.717) is 0 Å². The molecule has 110 valence electrons. The number of benzene rings is 1. The van der Waals surface area contributed by atoms with Gasteiger partial charge in [0.2, 0.25) is 0 Å². The third-order valence-electron chi connectivity index (χ3n) is 4.16. The predicted octanol–water partition coefficient (Wildman–Crippen LogP) is 2.88. The summed E-state index contributed by atoms with van der Waals surface area (Å²) in [7, 11) is 1.76. The lowest BCUT2D eigenvalue weighted by molar-refractivity contribution is -0.0473. The molecule has 0 amide bonds. The first-order valence-corrected chi connectivity index (χ1v) is 7.86. The van der Waals surface area contributed by atoms with Crippen LogP contribution in [0.3, 0.4) is 0 Å². The van der Waals surface area contributed by atoms with Gasteiger partial charge in [0, 0.05) is 13.5 Å². The largest absolute Gasteiger partial charge is 0.377 e. The molecule has 0 saturated carbocycles.